The van der Waals surface area contributed by atoms with Crippen molar-refractivity contribution in [3.8, 4) is 23.1 Å². The van der Waals surface area contributed by atoms with Crippen molar-refractivity contribution in [3.63, 3.8) is 0 Å². The molecule has 0 bridgehead atoms. The molecule has 0 fully saturated rings. The van der Waals surface area contributed by atoms with Crippen LogP contribution in [0, 0.1) is 11.3 Å². The molecule has 27 heavy (non-hydrogen) atoms. The first-order valence-corrected chi connectivity index (χ1v) is 7.69. The molecule has 0 atom stereocenters. The molecule has 0 amide bonds. The summed E-state index contributed by atoms with van der Waals surface area (Å²) in [6.07, 6.45) is -5.79. The van der Waals surface area contributed by atoms with Crippen molar-refractivity contribution >= 4 is 23.4 Å². The maximum absolute atomic E-state index is 13.0. The molecular formula is C17H10ClF3N2O4. The summed E-state index contributed by atoms with van der Waals surface area (Å²) in [4.78, 5) is 26.5. The molecule has 0 aliphatic rings. The number of aromatic nitrogens is 1. The summed E-state index contributed by atoms with van der Waals surface area (Å²) in [5.41, 5.74) is -2.59. The zero-order valence-electron chi connectivity index (χ0n) is 13.3. The van der Waals surface area contributed by atoms with Crippen molar-refractivity contribution < 1.29 is 33.0 Å². The maximum atomic E-state index is 13.0. The van der Waals surface area contributed by atoms with Crippen LogP contribution in [-0.2, 0) is 11.0 Å². The van der Waals surface area contributed by atoms with Gasteiger partial charge in [-0.05, 0) is 12.1 Å². The molecule has 0 radical (unpaired) electrons. The van der Waals surface area contributed by atoms with Crippen LogP contribution >= 0.6 is 11.6 Å². The predicted molar refractivity (Wildman–Crippen MR) is 87.3 cm³/mol. The van der Waals surface area contributed by atoms with E-state index in [4.69, 9.17) is 22.0 Å². The molecule has 10 heteroatoms. The van der Waals surface area contributed by atoms with Gasteiger partial charge in [0, 0.05) is 12.0 Å². The summed E-state index contributed by atoms with van der Waals surface area (Å²) in [5.74, 6) is -2.92. The van der Waals surface area contributed by atoms with E-state index in [9.17, 15) is 27.9 Å². The Bertz CT molecular complexity index is 968. The van der Waals surface area contributed by atoms with Gasteiger partial charge in [0.15, 0.2) is 11.5 Å². The van der Waals surface area contributed by atoms with E-state index in [1.54, 1.807) is 6.07 Å². The van der Waals surface area contributed by atoms with Crippen LogP contribution in [0.2, 0.25) is 5.02 Å². The molecule has 0 aliphatic carbocycles. The third-order valence-electron chi connectivity index (χ3n) is 3.52. The number of carbonyl (C=O) groups is 2. The number of rotatable bonds is 5. The van der Waals surface area contributed by atoms with Gasteiger partial charge in [-0.3, -0.25) is 9.59 Å². The number of nitrogens with zero attached hydrogens (tertiary/aromatic N) is 2. The topological polar surface area (TPSA) is 111 Å². The standard InChI is InChI=1S/C17H10ClF3N2O4/c18-14-9(2-1-3-10(14)17(19,20)21)11-6-8(7-22)16(27)15(23-11)12(24)4-5-13(25)26/h1-3,6,27H,4-5H2,(H,25,26). The SMILES string of the molecule is N#Cc1cc(-c2cccc(C(F)(F)F)c2Cl)nc(C(=O)CCC(=O)O)c1O. The van der Waals surface area contributed by atoms with Crippen LogP contribution in [0.1, 0.15) is 34.5 Å². The summed E-state index contributed by atoms with van der Waals surface area (Å²) in [6.45, 7) is 0. The number of ketones is 1. The van der Waals surface area contributed by atoms with Gasteiger partial charge in [0.25, 0.3) is 0 Å². The third kappa shape index (κ3) is 4.35. The highest BCUT2D eigenvalue weighted by molar-refractivity contribution is 6.34. The Balaban J connectivity index is 2.63. The van der Waals surface area contributed by atoms with Crippen LogP contribution in [0.25, 0.3) is 11.3 Å². The van der Waals surface area contributed by atoms with Crippen molar-refractivity contribution in [1.82, 2.24) is 4.98 Å². The Labute approximate surface area is 155 Å². The predicted octanol–water partition coefficient (Wildman–Crippen LogP) is 4.05. The van der Waals surface area contributed by atoms with Gasteiger partial charge in [-0.2, -0.15) is 18.4 Å². The monoisotopic (exact) mass is 398 g/mol. The number of pyridine rings is 1. The number of hydrogen-bond acceptors (Lipinski definition) is 5. The number of aromatic hydroxyl groups is 1. The lowest BCUT2D eigenvalue weighted by molar-refractivity contribution is -0.138. The molecule has 0 spiro atoms. The van der Waals surface area contributed by atoms with Crippen molar-refractivity contribution in [2.24, 2.45) is 0 Å². The van der Waals surface area contributed by atoms with E-state index >= 15 is 0 Å². The molecule has 2 aromatic rings. The van der Waals surface area contributed by atoms with Gasteiger partial charge >= 0.3 is 12.1 Å². The summed E-state index contributed by atoms with van der Waals surface area (Å²) in [5, 5.41) is 27.1. The lowest BCUT2D eigenvalue weighted by Gasteiger charge is -2.13. The third-order valence-corrected chi connectivity index (χ3v) is 3.93. The molecule has 140 valence electrons. The molecule has 1 aromatic heterocycles. The fourth-order valence-electron chi connectivity index (χ4n) is 2.24. The van der Waals surface area contributed by atoms with E-state index in [1.165, 1.54) is 6.07 Å². The van der Waals surface area contributed by atoms with Crippen LogP contribution in [-0.4, -0.2) is 26.9 Å². The fraction of sp³-hybridized carbons (Fsp3) is 0.176. The highest BCUT2D eigenvalue weighted by Gasteiger charge is 2.34. The maximum Gasteiger partial charge on any atom is 0.417 e. The Hall–Kier alpha value is -3.12. The van der Waals surface area contributed by atoms with Gasteiger partial charge in [0.2, 0.25) is 0 Å². The number of carbonyl (C=O) groups excluding carboxylic acids is 1. The molecule has 0 saturated heterocycles. The van der Waals surface area contributed by atoms with E-state index in [1.807, 2.05) is 0 Å². The Morgan fingerprint density at radius 3 is 2.48 bits per heavy atom. The zero-order valence-corrected chi connectivity index (χ0v) is 14.1. The number of Topliss-reactive ketones (excluding diaryl/α,β-unsaturated/α-hetero) is 1. The molecule has 0 unspecified atom stereocenters. The second kappa shape index (κ2) is 7.63. The van der Waals surface area contributed by atoms with Crippen molar-refractivity contribution in [1.29, 1.82) is 5.26 Å². The molecule has 0 saturated carbocycles. The summed E-state index contributed by atoms with van der Waals surface area (Å²) >= 11 is 5.83. The number of carboxylic acids is 1. The van der Waals surface area contributed by atoms with E-state index in [-0.39, 0.29) is 11.3 Å². The quantitative estimate of drug-likeness (QED) is 0.735. The minimum absolute atomic E-state index is 0.199. The zero-order chi connectivity index (χ0) is 20.4. The Kier molecular flexibility index (Phi) is 5.71. The number of nitriles is 1. The smallest absolute Gasteiger partial charge is 0.417 e. The van der Waals surface area contributed by atoms with E-state index < -0.39 is 58.4 Å². The fourth-order valence-corrected chi connectivity index (χ4v) is 2.57. The summed E-state index contributed by atoms with van der Waals surface area (Å²) in [6, 6.07) is 5.65. The minimum Gasteiger partial charge on any atom is -0.504 e. The number of carboxylic acid groups (broad SMARTS) is 1. The van der Waals surface area contributed by atoms with Crippen molar-refractivity contribution in [2.45, 2.75) is 19.0 Å². The summed E-state index contributed by atoms with van der Waals surface area (Å²) < 4.78 is 39.1. The van der Waals surface area contributed by atoms with Crippen LogP contribution < -0.4 is 0 Å². The van der Waals surface area contributed by atoms with Gasteiger partial charge in [0.1, 0.15) is 11.8 Å². The average Bonchev–Trinajstić information content (AvgIpc) is 2.59. The molecule has 1 heterocycles. The lowest BCUT2D eigenvalue weighted by atomic mass is 10.0. The van der Waals surface area contributed by atoms with Gasteiger partial charge in [-0.15, -0.1) is 0 Å². The second-order valence-electron chi connectivity index (χ2n) is 5.35. The van der Waals surface area contributed by atoms with Gasteiger partial charge in [-0.1, -0.05) is 23.7 Å². The number of halogens is 4. The molecular weight excluding hydrogens is 389 g/mol. The van der Waals surface area contributed by atoms with Crippen LogP contribution in [0.5, 0.6) is 5.75 Å². The van der Waals surface area contributed by atoms with E-state index in [0.29, 0.717) is 0 Å². The normalized spacial score (nSPS) is 11.1. The van der Waals surface area contributed by atoms with Crippen LogP contribution in [0.3, 0.4) is 0 Å². The summed E-state index contributed by atoms with van der Waals surface area (Å²) in [7, 11) is 0. The number of alkyl halides is 3. The Morgan fingerprint density at radius 1 is 1.26 bits per heavy atom. The molecule has 1 aromatic carbocycles. The molecule has 2 N–H and O–H groups in total. The highest BCUT2D eigenvalue weighted by Crippen LogP contribution is 2.40. The molecule has 0 aliphatic heterocycles. The van der Waals surface area contributed by atoms with Crippen LogP contribution in [0.15, 0.2) is 24.3 Å². The molecule has 6 nitrogen and oxygen atoms in total. The minimum atomic E-state index is -4.73. The highest BCUT2D eigenvalue weighted by atomic mass is 35.5. The van der Waals surface area contributed by atoms with Gasteiger partial charge in [0.05, 0.1) is 28.3 Å². The Morgan fingerprint density at radius 2 is 1.93 bits per heavy atom. The molecule has 2 rings (SSSR count). The largest absolute Gasteiger partial charge is 0.504 e. The van der Waals surface area contributed by atoms with Gasteiger partial charge in [-0.25, -0.2) is 4.98 Å². The first-order valence-electron chi connectivity index (χ1n) is 7.31. The van der Waals surface area contributed by atoms with Crippen LogP contribution in [0.4, 0.5) is 13.2 Å². The first-order chi connectivity index (χ1) is 12.6. The van der Waals surface area contributed by atoms with E-state index in [0.717, 1.165) is 18.2 Å². The van der Waals surface area contributed by atoms with Crippen molar-refractivity contribution in [3.05, 3.63) is 46.1 Å². The van der Waals surface area contributed by atoms with Gasteiger partial charge < -0.3 is 10.2 Å². The number of hydrogen-bond donors (Lipinski definition) is 2. The lowest BCUT2D eigenvalue weighted by Crippen LogP contribution is -2.09. The number of aliphatic carboxylic acids is 1. The number of benzene rings is 1. The second-order valence-corrected chi connectivity index (χ2v) is 5.72. The first kappa shape index (κ1) is 20.2. The average molecular weight is 399 g/mol. The van der Waals surface area contributed by atoms with E-state index in [2.05, 4.69) is 4.98 Å². The van der Waals surface area contributed by atoms with Crippen molar-refractivity contribution in [2.75, 3.05) is 0 Å².